The molecule has 1 fully saturated rings. The lowest BCUT2D eigenvalue weighted by Gasteiger charge is -2.45. The Morgan fingerprint density at radius 1 is 1.33 bits per heavy atom. The number of hydrogen-bond acceptors (Lipinski definition) is 2. The molecule has 1 heterocycles. The van der Waals surface area contributed by atoms with Crippen LogP contribution in [0.3, 0.4) is 0 Å². The number of piperazine rings is 1. The van der Waals surface area contributed by atoms with Crippen LogP contribution in [-0.4, -0.2) is 49.3 Å². The summed E-state index contributed by atoms with van der Waals surface area (Å²) >= 11 is 0. The Balaban J connectivity index is 2.18. The monoisotopic (exact) mass is 172 g/mol. The number of likely N-dealkylation sites (N-methyl/N-ethyl adjacent to an activating group) is 1. The summed E-state index contributed by atoms with van der Waals surface area (Å²) in [6, 6.07) is 0. The molecule has 72 valence electrons. The fourth-order valence-corrected chi connectivity index (χ4v) is 1.53. The van der Waals surface area contributed by atoms with Gasteiger partial charge in [0, 0.05) is 13.1 Å². The molecular weight excluding hydrogens is 152 g/mol. The Morgan fingerprint density at radius 2 is 1.92 bits per heavy atom. The molecule has 0 saturated carbocycles. The maximum Gasteiger partial charge on any atom is 0.0911 e. The standard InChI is InChI=1S/C9H20N2O/c1-3-4-5-10-6-8-11(2,12)9-7-10/h3-9H2,1-2H3. The first-order valence-electron chi connectivity index (χ1n) is 4.92. The molecule has 3 heteroatoms. The summed E-state index contributed by atoms with van der Waals surface area (Å²) in [5.74, 6) is 0. The van der Waals surface area contributed by atoms with E-state index in [1.54, 1.807) is 7.05 Å². The molecule has 1 saturated heterocycles. The van der Waals surface area contributed by atoms with Gasteiger partial charge < -0.3 is 9.85 Å². The lowest BCUT2D eigenvalue weighted by molar-refractivity contribution is -0.865. The third-order valence-corrected chi connectivity index (χ3v) is 2.61. The molecule has 0 N–H and O–H groups in total. The van der Waals surface area contributed by atoms with Gasteiger partial charge in [0.15, 0.2) is 0 Å². The predicted molar refractivity (Wildman–Crippen MR) is 50.6 cm³/mol. The van der Waals surface area contributed by atoms with E-state index in [0.717, 1.165) is 26.2 Å². The number of hydroxylamine groups is 3. The Morgan fingerprint density at radius 3 is 2.42 bits per heavy atom. The fourth-order valence-electron chi connectivity index (χ4n) is 1.53. The molecule has 1 aliphatic rings. The van der Waals surface area contributed by atoms with Crippen LogP contribution in [0, 0.1) is 5.21 Å². The number of quaternary nitrogens is 1. The average Bonchev–Trinajstić information content (AvgIpc) is 2.03. The Labute approximate surface area is 75.1 Å². The van der Waals surface area contributed by atoms with Crippen molar-refractivity contribution in [3.05, 3.63) is 5.21 Å². The first-order chi connectivity index (χ1) is 5.64. The number of hydrogen-bond donors (Lipinski definition) is 0. The number of unbranched alkanes of at least 4 members (excludes halogenated alkanes) is 1. The van der Waals surface area contributed by atoms with Gasteiger partial charge in [0.25, 0.3) is 0 Å². The van der Waals surface area contributed by atoms with Crippen molar-refractivity contribution in [1.29, 1.82) is 0 Å². The number of nitrogens with zero attached hydrogens (tertiary/aromatic N) is 2. The summed E-state index contributed by atoms with van der Waals surface area (Å²) in [7, 11) is 1.77. The van der Waals surface area contributed by atoms with E-state index in [0.29, 0.717) is 0 Å². The van der Waals surface area contributed by atoms with E-state index in [9.17, 15) is 5.21 Å². The second-order valence-corrected chi connectivity index (χ2v) is 3.94. The summed E-state index contributed by atoms with van der Waals surface area (Å²) < 4.78 is -0.0391. The molecule has 0 amide bonds. The molecule has 0 aromatic carbocycles. The van der Waals surface area contributed by atoms with Crippen LogP contribution in [0.5, 0.6) is 0 Å². The summed E-state index contributed by atoms with van der Waals surface area (Å²) in [6.45, 7) is 6.89. The second-order valence-electron chi connectivity index (χ2n) is 3.94. The first kappa shape index (κ1) is 9.96. The quantitative estimate of drug-likeness (QED) is 0.470. The first-order valence-corrected chi connectivity index (χ1v) is 4.92. The van der Waals surface area contributed by atoms with Crippen molar-refractivity contribution < 1.29 is 4.65 Å². The van der Waals surface area contributed by atoms with E-state index >= 15 is 0 Å². The van der Waals surface area contributed by atoms with E-state index in [2.05, 4.69) is 11.8 Å². The van der Waals surface area contributed by atoms with E-state index in [4.69, 9.17) is 0 Å². The minimum absolute atomic E-state index is 0.0391. The van der Waals surface area contributed by atoms with Crippen LogP contribution in [0.25, 0.3) is 0 Å². The van der Waals surface area contributed by atoms with Crippen LogP contribution in [0.15, 0.2) is 0 Å². The van der Waals surface area contributed by atoms with Gasteiger partial charge in [0.2, 0.25) is 0 Å². The molecule has 0 atom stereocenters. The maximum absolute atomic E-state index is 11.5. The van der Waals surface area contributed by atoms with Crippen molar-refractivity contribution in [2.24, 2.45) is 0 Å². The molecule has 1 aliphatic heterocycles. The van der Waals surface area contributed by atoms with Crippen molar-refractivity contribution in [3.8, 4) is 0 Å². The van der Waals surface area contributed by atoms with Crippen LogP contribution in [0.4, 0.5) is 0 Å². The predicted octanol–water partition coefficient (Wildman–Crippen LogP) is 1.05. The van der Waals surface area contributed by atoms with E-state index in [1.807, 2.05) is 0 Å². The highest BCUT2D eigenvalue weighted by Gasteiger charge is 2.20. The van der Waals surface area contributed by atoms with Crippen molar-refractivity contribution in [1.82, 2.24) is 4.90 Å². The van der Waals surface area contributed by atoms with Crippen LogP contribution in [0.1, 0.15) is 19.8 Å². The van der Waals surface area contributed by atoms with Gasteiger partial charge in [-0.15, -0.1) is 0 Å². The SMILES string of the molecule is CCCCN1CC[N+](C)([O-])CC1. The molecule has 0 spiro atoms. The highest BCUT2D eigenvalue weighted by atomic mass is 16.5. The molecule has 1 rings (SSSR count). The zero-order chi connectivity index (χ0) is 9.03. The summed E-state index contributed by atoms with van der Waals surface area (Å²) in [4.78, 5) is 2.40. The van der Waals surface area contributed by atoms with Gasteiger partial charge in [0.1, 0.15) is 0 Å². The third kappa shape index (κ3) is 3.09. The summed E-state index contributed by atoms with van der Waals surface area (Å²) in [6.07, 6.45) is 2.52. The molecule has 0 aliphatic carbocycles. The second kappa shape index (κ2) is 4.21. The zero-order valence-corrected chi connectivity index (χ0v) is 8.25. The van der Waals surface area contributed by atoms with Crippen LogP contribution in [-0.2, 0) is 0 Å². The molecule has 0 radical (unpaired) electrons. The van der Waals surface area contributed by atoms with Gasteiger partial charge >= 0.3 is 0 Å². The minimum atomic E-state index is -0.0391. The number of rotatable bonds is 3. The Bertz CT molecular complexity index is 126. The lowest BCUT2D eigenvalue weighted by Crippen LogP contribution is -2.53. The molecule has 0 aromatic rings. The smallest absolute Gasteiger partial charge is 0.0911 e. The van der Waals surface area contributed by atoms with Gasteiger partial charge in [-0.3, -0.25) is 4.90 Å². The third-order valence-electron chi connectivity index (χ3n) is 2.61. The highest BCUT2D eigenvalue weighted by molar-refractivity contribution is 4.62. The highest BCUT2D eigenvalue weighted by Crippen LogP contribution is 2.08. The maximum atomic E-state index is 11.5. The van der Waals surface area contributed by atoms with Gasteiger partial charge in [0.05, 0.1) is 20.1 Å². The van der Waals surface area contributed by atoms with Gasteiger partial charge in [-0.05, 0) is 13.0 Å². The molecule has 0 aromatic heterocycles. The molecule has 0 bridgehead atoms. The van der Waals surface area contributed by atoms with Gasteiger partial charge in [-0.25, -0.2) is 0 Å². The van der Waals surface area contributed by atoms with Crippen molar-refractivity contribution in [2.45, 2.75) is 19.8 Å². The van der Waals surface area contributed by atoms with Crippen LogP contribution in [0.2, 0.25) is 0 Å². The Kier molecular flexibility index (Phi) is 3.50. The topological polar surface area (TPSA) is 26.3 Å². The lowest BCUT2D eigenvalue weighted by atomic mass is 10.2. The largest absolute Gasteiger partial charge is 0.633 e. The molecule has 12 heavy (non-hydrogen) atoms. The van der Waals surface area contributed by atoms with Crippen molar-refractivity contribution in [2.75, 3.05) is 39.8 Å². The van der Waals surface area contributed by atoms with Gasteiger partial charge in [-0.1, -0.05) is 13.3 Å². The molecular formula is C9H20N2O. The van der Waals surface area contributed by atoms with E-state index in [-0.39, 0.29) is 4.65 Å². The summed E-state index contributed by atoms with van der Waals surface area (Å²) in [5, 5.41) is 11.5. The van der Waals surface area contributed by atoms with Crippen LogP contribution >= 0.6 is 0 Å². The summed E-state index contributed by atoms with van der Waals surface area (Å²) in [5.41, 5.74) is 0. The van der Waals surface area contributed by atoms with Gasteiger partial charge in [-0.2, -0.15) is 0 Å². The van der Waals surface area contributed by atoms with E-state index in [1.165, 1.54) is 19.4 Å². The van der Waals surface area contributed by atoms with E-state index < -0.39 is 0 Å². The Hall–Kier alpha value is -0.120. The average molecular weight is 172 g/mol. The normalized spacial score (nSPS) is 24.2. The van der Waals surface area contributed by atoms with Crippen molar-refractivity contribution in [3.63, 3.8) is 0 Å². The zero-order valence-electron chi connectivity index (χ0n) is 8.25. The molecule has 3 nitrogen and oxygen atoms in total. The molecule has 0 unspecified atom stereocenters. The van der Waals surface area contributed by atoms with Crippen LogP contribution < -0.4 is 0 Å². The minimum Gasteiger partial charge on any atom is -0.633 e. The van der Waals surface area contributed by atoms with Crippen molar-refractivity contribution >= 4 is 0 Å². The fraction of sp³-hybridized carbons (Fsp3) is 1.00.